The van der Waals surface area contributed by atoms with E-state index in [0.717, 1.165) is 0 Å². The van der Waals surface area contributed by atoms with Crippen molar-refractivity contribution in [1.82, 2.24) is 5.09 Å². The number of hydrogen-bond acceptors (Lipinski definition) is 5. The molecule has 2 atom stereocenters. The Hall–Kier alpha value is -0.680. The maximum atomic E-state index is 12.3. The molecule has 0 aromatic rings. The highest BCUT2D eigenvalue weighted by molar-refractivity contribution is 7.51. The molecule has 1 N–H and O–H groups in total. The van der Waals surface area contributed by atoms with Crippen LogP contribution >= 0.6 is 7.75 Å². The van der Waals surface area contributed by atoms with Gasteiger partial charge < -0.3 is 4.74 Å². The highest BCUT2D eigenvalue weighted by Crippen LogP contribution is 2.44. The largest absolute Gasteiger partial charge is 0.458 e. The standard InChI is InChI=1S/C12H22NO5P/c1-4-16-19(15,17-5-2)13-11-6-8-12(9-7-11)18-10(3)14/h6,8,11-12H,4-5,7,9H2,1-3H3,(H,13,15)/t11-,12+/m0/s1. The van der Waals surface area contributed by atoms with E-state index in [-0.39, 0.29) is 18.1 Å². The predicted molar refractivity (Wildman–Crippen MR) is 71.7 cm³/mol. The van der Waals surface area contributed by atoms with Crippen molar-refractivity contribution in [3.05, 3.63) is 12.2 Å². The van der Waals surface area contributed by atoms with Gasteiger partial charge in [-0.2, -0.15) is 0 Å². The summed E-state index contributed by atoms with van der Waals surface area (Å²) < 4.78 is 27.7. The quantitative estimate of drug-likeness (QED) is 0.441. The Bertz CT molecular complexity index is 361. The van der Waals surface area contributed by atoms with Crippen LogP contribution in [-0.2, 0) is 23.1 Å². The summed E-state index contributed by atoms with van der Waals surface area (Å²) >= 11 is 0. The lowest BCUT2D eigenvalue weighted by Gasteiger charge is -2.26. The predicted octanol–water partition coefficient (Wildman–Crippen LogP) is 2.41. The van der Waals surface area contributed by atoms with Gasteiger partial charge in [0.15, 0.2) is 0 Å². The number of hydrogen-bond donors (Lipinski definition) is 1. The number of esters is 1. The van der Waals surface area contributed by atoms with E-state index < -0.39 is 7.75 Å². The summed E-state index contributed by atoms with van der Waals surface area (Å²) in [6, 6.07) is -0.101. The molecule has 0 aliphatic heterocycles. The summed E-state index contributed by atoms with van der Waals surface area (Å²) in [4.78, 5) is 10.8. The molecule has 0 fully saturated rings. The smallest absolute Gasteiger partial charge is 0.405 e. The fourth-order valence-electron chi connectivity index (χ4n) is 1.87. The Morgan fingerprint density at radius 2 is 1.89 bits per heavy atom. The maximum Gasteiger partial charge on any atom is 0.405 e. The monoisotopic (exact) mass is 291 g/mol. The lowest BCUT2D eigenvalue weighted by Crippen LogP contribution is -2.31. The third kappa shape index (κ3) is 5.87. The molecule has 1 rings (SSSR count). The maximum absolute atomic E-state index is 12.3. The van der Waals surface area contributed by atoms with Crippen LogP contribution in [0.3, 0.4) is 0 Å². The van der Waals surface area contributed by atoms with Gasteiger partial charge in [0, 0.05) is 13.0 Å². The van der Waals surface area contributed by atoms with Crippen LogP contribution in [0, 0.1) is 0 Å². The van der Waals surface area contributed by atoms with E-state index in [2.05, 4.69) is 5.09 Å². The molecule has 0 spiro atoms. The van der Waals surface area contributed by atoms with E-state index in [1.165, 1.54) is 6.92 Å². The zero-order chi connectivity index (χ0) is 14.3. The van der Waals surface area contributed by atoms with Gasteiger partial charge in [-0.15, -0.1) is 0 Å². The zero-order valence-electron chi connectivity index (χ0n) is 11.6. The van der Waals surface area contributed by atoms with Crippen molar-refractivity contribution in [2.24, 2.45) is 0 Å². The molecule has 0 unspecified atom stereocenters. The first-order valence-electron chi connectivity index (χ1n) is 6.51. The van der Waals surface area contributed by atoms with Crippen LogP contribution < -0.4 is 5.09 Å². The summed E-state index contributed by atoms with van der Waals surface area (Å²) in [5.74, 6) is -0.296. The number of carbonyl (C=O) groups excluding carboxylic acids is 1. The van der Waals surface area contributed by atoms with E-state index in [1.54, 1.807) is 19.9 Å². The van der Waals surface area contributed by atoms with Gasteiger partial charge in [0.1, 0.15) is 6.10 Å². The van der Waals surface area contributed by atoms with Crippen molar-refractivity contribution in [2.45, 2.75) is 45.8 Å². The van der Waals surface area contributed by atoms with Gasteiger partial charge >= 0.3 is 13.7 Å². The number of rotatable bonds is 7. The molecular formula is C12H22NO5P. The first kappa shape index (κ1) is 16.4. The van der Waals surface area contributed by atoms with Crippen LogP contribution in [-0.4, -0.2) is 31.3 Å². The molecule has 0 bridgehead atoms. The van der Waals surface area contributed by atoms with Crippen molar-refractivity contribution in [3.8, 4) is 0 Å². The molecule has 1 aliphatic carbocycles. The summed E-state index contributed by atoms with van der Waals surface area (Å²) in [6.45, 7) is 5.55. The minimum absolute atomic E-state index is 0.101. The van der Waals surface area contributed by atoms with E-state index in [1.807, 2.05) is 6.08 Å². The average molecular weight is 291 g/mol. The number of nitrogens with one attached hydrogen (secondary N) is 1. The van der Waals surface area contributed by atoms with Crippen LogP contribution in [0.25, 0.3) is 0 Å². The molecule has 110 valence electrons. The molecule has 19 heavy (non-hydrogen) atoms. The second kappa shape index (κ2) is 7.80. The molecule has 7 heteroatoms. The Labute approximate surface area is 114 Å². The fourth-order valence-corrected chi connectivity index (χ4v) is 3.39. The van der Waals surface area contributed by atoms with Gasteiger partial charge in [-0.25, -0.2) is 9.65 Å². The van der Waals surface area contributed by atoms with Crippen molar-refractivity contribution in [2.75, 3.05) is 13.2 Å². The first-order valence-corrected chi connectivity index (χ1v) is 8.05. The van der Waals surface area contributed by atoms with Crippen LogP contribution in [0.5, 0.6) is 0 Å². The number of ether oxygens (including phenoxy) is 1. The molecule has 0 saturated heterocycles. The lowest BCUT2D eigenvalue weighted by atomic mass is 10.0. The zero-order valence-corrected chi connectivity index (χ0v) is 12.5. The Morgan fingerprint density at radius 3 is 2.32 bits per heavy atom. The number of carbonyl (C=O) groups is 1. The van der Waals surface area contributed by atoms with Gasteiger partial charge in [0.2, 0.25) is 0 Å². The third-order valence-corrected chi connectivity index (χ3v) is 4.40. The SMILES string of the molecule is CCOP(=O)(N[C@H]1C=C[C@@H](OC(C)=O)CC1)OCC. The third-order valence-electron chi connectivity index (χ3n) is 2.56. The second-order valence-corrected chi connectivity index (χ2v) is 5.95. The lowest BCUT2D eigenvalue weighted by molar-refractivity contribution is -0.144. The van der Waals surface area contributed by atoms with E-state index in [0.29, 0.717) is 26.1 Å². The Morgan fingerprint density at radius 1 is 1.26 bits per heavy atom. The minimum atomic E-state index is -3.24. The van der Waals surface area contributed by atoms with Crippen LogP contribution in [0.1, 0.15) is 33.6 Å². The van der Waals surface area contributed by atoms with Crippen molar-refractivity contribution in [3.63, 3.8) is 0 Å². The second-order valence-electron chi connectivity index (χ2n) is 4.18. The molecule has 0 heterocycles. The van der Waals surface area contributed by atoms with Crippen LogP contribution in [0.2, 0.25) is 0 Å². The molecule has 0 aromatic heterocycles. The topological polar surface area (TPSA) is 73.9 Å². The van der Waals surface area contributed by atoms with E-state index >= 15 is 0 Å². The Balaban J connectivity index is 2.54. The van der Waals surface area contributed by atoms with Crippen molar-refractivity contribution in [1.29, 1.82) is 0 Å². The Kier molecular flexibility index (Phi) is 6.72. The van der Waals surface area contributed by atoms with Gasteiger partial charge in [-0.1, -0.05) is 6.08 Å². The van der Waals surface area contributed by atoms with Gasteiger partial charge in [-0.05, 0) is 32.8 Å². The van der Waals surface area contributed by atoms with Crippen molar-refractivity contribution < 1.29 is 23.1 Å². The minimum Gasteiger partial charge on any atom is -0.458 e. The first-order chi connectivity index (χ1) is 8.99. The highest BCUT2D eigenvalue weighted by Gasteiger charge is 2.28. The van der Waals surface area contributed by atoms with E-state index in [9.17, 15) is 9.36 Å². The van der Waals surface area contributed by atoms with E-state index in [4.69, 9.17) is 13.8 Å². The molecule has 0 saturated carbocycles. The summed E-state index contributed by atoms with van der Waals surface area (Å²) in [6.07, 6.45) is 4.83. The molecular weight excluding hydrogens is 269 g/mol. The summed E-state index contributed by atoms with van der Waals surface area (Å²) in [5.41, 5.74) is 0. The van der Waals surface area contributed by atoms with Gasteiger partial charge in [0.25, 0.3) is 0 Å². The summed E-state index contributed by atoms with van der Waals surface area (Å²) in [7, 11) is -3.24. The molecule has 0 amide bonds. The normalized spacial score (nSPS) is 23.3. The van der Waals surface area contributed by atoms with Gasteiger partial charge in [0.05, 0.1) is 13.2 Å². The van der Waals surface area contributed by atoms with Crippen molar-refractivity contribution >= 4 is 13.7 Å². The average Bonchev–Trinajstić information content (AvgIpc) is 2.31. The molecule has 1 aliphatic rings. The highest BCUT2D eigenvalue weighted by atomic mass is 31.2. The van der Waals surface area contributed by atoms with Crippen LogP contribution in [0.4, 0.5) is 0 Å². The molecule has 6 nitrogen and oxygen atoms in total. The fraction of sp³-hybridized carbons (Fsp3) is 0.750. The molecule has 0 aromatic carbocycles. The molecule has 0 radical (unpaired) electrons. The van der Waals surface area contributed by atoms with Crippen LogP contribution in [0.15, 0.2) is 12.2 Å². The summed E-state index contributed by atoms with van der Waals surface area (Å²) in [5, 5.41) is 2.89. The van der Waals surface area contributed by atoms with Gasteiger partial charge in [-0.3, -0.25) is 13.8 Å².